The average molecular weight is 481 g/mol. The SMILES string of the molecule is CCN(CC)CCCC(C)NC(=NC)NCCc1ccc(Cl)cc1.I. The first-order chi connectivity index (χ1) is 11.6. The van der Waals surface area contributed by atoms with E-state index < -0.39 is 0 Å². The Kier molecular flexibility index (Phi) is 14.3. The third kappa shape index (κ3) is 10.9. The van der Waals surface area contributed by atoms with Gasteiger partial charge in [0.25, 0.3) is 0 Å². The Morgan fingerprint density at radius 2 is 1.84 bits per heavy atom. The van der Waals surface area contributed by atoms with Crippen molar-refractivity contribution in [1.29, 1.82) is 0 Å². The molecule has 2 N–H and O–H groups in total. The van der Waals surface area contributed by atoms with Crippen molar-refractivity contribution < 1.29 is 0 Å². The quantitative estimate of drug-likeness (QED) is 0.300. The lowest BCUT2D eigenvalue weighted by Crippen LogP contribution is -2.43. The van der Waals surface area contributed by atoms with Crippen molar-refractivity contribution in [3.63, 3.8) is 0 Å². The van der Waals surface area contributed by atoms with E-state index in [1.807, 2.05) is 19.2 Å². The molecule has 0 aliphatic heterocycles. The monoisotopic (exact) mass is 480 g/mol. The van der Waals surface area contributed by atoms with Crippen LogP contribution in [0.15, 0.2) is 29.3 Å². The zero-order valence-corrected chi connectivity index (χ0v) is 19.1. The maximum absolute atomic E-state index is 5.91. The second-order valence-corrected chi connectivity index (χ2v) is 6.53. The lowest BCUT2D eigenvalue weighted by molar-refractivity contribution is 0.292. The zero-order valence-electron chi connectivity index (χ0n) is 16.0. The highest BCUT2D eigenvalue weighted by Gasteiger charge is 2.06. The minimum absolute atomic E-state index is 0. The zero-order chi connectivity index (χ0) is 17.8. The minimum atomic E-state index is 0. The fourth-order valence-electron chi connectivity index (χ4n) is 2.64. The van der Waals surface area contributed by atoms with Crippen LogP contribution in [0.5, 0.6) is 0 Å². The van der Waals surface area contributed by atoms with Crippen LogP contribution in [0.1, 0.15) is 39.2 Å². The summed E-state index contributed by atoms with van der Waals surface area (Å²) in [4.78, 5) is 6.78. The number of nitrogens with one attached hydrogen (secondary N) is 2. The van der Waals surface area contributed by atoms with E-state index in [1.165, 1.54) is 18.5 Å². The van der Waals surface area contributed by atoms with Gasteiger partial charge in [-0.05, 0) is 63.5 Å². The largest absolute Gasteiger partial charge is 0.356 e. The predicted molar refractivity (Wildman–Crippen MR) is 122 cm³/mol. The molecule has 0 saturated carbocycles. The Balaban J connectivity index is 0.00000576. The van der Waals surface area contributed by atoms with Crippen molar-refractivity contribution in [3.05, 3.63) is 34.9 Å². The summed E-state index contributed by atoms with van der Waals surface area (Å²) in [7, 11) is 1.82. The molecule has 1 atom stereocenters. The first-order valence-corrected chi connectivity index (χ1v) is 9.40. The predicted octanol–water partition coefficient (Wildman–Crippen LogP) is 4.18. The Bertz CT molecular complexity index is 475. The summed E-state index contributed by atoms with van der Waals surface area (Å²) in [6.45, 7) is 10.9. The molecule has 6 heteroatoms. The van der Waals surface area contributed by atoms with E-state index >= 15 is 0 Å². The van der Waals surface area contributed by atoms with Gasteiger partial charge in [0.15, 0.2) is 5.96 Å². The van der Waals surface area contributed by atoms with Gasteiger partial charge in [0, 0.05) is 24.7 Å². The van der Waals surface area contributed by atoms with Crippen LogP contribution in [0.3, 0.4) is 0 Å². The topological polar surface area (TPSA) is 39.7 Å². The number of hydrogen-bond acceptors (Lipinski definition) is 2. The lowest BCUT2D eigenvalue weighted by atomic mass is 10.1. The minimum Gasteiger partial charge on any atom is -0.356 e. The second kappa shape index (κ2) is 14.6. The second-order valence-electron chi connectivity index (χ2n) is 6.09. The van der Waals surface area contributed by atoms with E-state index in [-0.39, 0.29) is 24.0 Å². The fourth-order valence-corrected chi connectivity index (χ4v) is 2.76. The highest BCUT2D eigenvalue weighted by atomic mass is 127. The van der Waals surface area contributed by atoms with Gasteiger partial charge < -0.3 is 15.5 Å². The van der Waals surface area contributed by atoms with E-state index in [0.717, 1.165) is 43.5 Å². The molecule has 4 nitrogen and oxygen atoms in total. The third-order valence-corrected chi connectivity index (χ3v) is 4.48. The van der Waals surface area contributed by atoms with E-state index in [0.29, 0.717) is 6.04 Å². The molecule has 1 unspecified atom stereocenters. The number of rotatable bonds is 10. The Morgan fingerprint density at radius 1 is 1.20 bits per heavy atom. The number of aliphatic imine (C=N–C) groups is 1. The van der Waals surface area contributed by atoms with Crippen LogP contribution in [0.25, 0.3) is 0 Å². The molecule has 0 fully saturated rings. The smallest absolute Gasteiger partial charge is 0.191 e. The van der Waals surface area contributed by atoms with Gasteiger partial charge in [0.2, 0.25) is 0 Å². The van der Waals surface area contributed by atoms with E-state index in [1.54, 1.807) is 0 Å². The molecular weight excluding hydrogens is 447 g/mol. The Hall–Kier alpha value is -0.530. The Morgan fingerprint density at radius 3 is 2.40 bits per heavy atom. The molecule has 144 valence electrons. The van der Waals surface area contributed by atoms with Crippen LogP contribution in [-0.2, 0) is 6.42 Å². The summed E-state index contributed by atoms with van der Waals surface area (Å²) in [5.41, 5.74) is 1.27. The van der Waals surface area contributed by atoms with Gasteiger partial charge in [-0.2, -0.15) is 0 Å². The number of hydrogen-bond donors (Lipinski definition) is 2. The van der Waals surface area contributed by atoms with Gasteiger partial charge in [0.1, 0.15) is 0 Å². The molecule has 1 aromatic rings. The van der Waals surface area contributed by atoms with Gasteiger partial charge in [-0.15, -0.1) is 24.0 Å². The van der Waals surface area contributed by atoms with Crippen LogP contribution >= 0.6 is 35.6 Å². The summed E-state index contributed by atoms with van der Waals surface area (Å²) in [6, 6.07) is 8.41. The highest BCUT2D eigenvalue weighted by molar-refractivity contribution is 14.0. The van der Waals surface area contributed by atoms with E-state index in [4.69, 9.17) is 11.6 Å². The van der Waals surface area contributed by atoms with Crippen molar-refractivity contribution in [3.8, 4) is 0 Å². The van der Waals surface area contributed by atoms with Crippen LogP contribution in [0, 0.1) is 0 Å². The molecule has 0 amide bonds. The van der Waals surface area contributed by atoms with Crippen molar-refractivity contribution in [1.82, 2.24) is 15.5 Å². The van der Waals surface area contributed by atoms with Crippen molar-refractivity contribution in [2.45, 2.75) is 46.1 Å². The van der Waals surface area contributed by atoms with Gasteiger partial charge >= 0.3 is 0 Å². The molecule has 0 aromatic heterocycles. The number of halogens is 2. The number of nitrogens with zero attached hydrogens (tertiary/aromatic N) is 2. The highest BCUT2D eigenvalue weighted by Crippen LogP contribution is 2.09. The molecule has 25 heavy (non-hydrogen) atoms. The Labute approximate surface area is 175 Å². The van der Waals surface area contributed by atoms with Gasteiger partial charge in [0.05, 0.1) is 0 Å². The van der Waals surface area contributed by atoms with E-state index in [9.17, 15) is 0 Å². The molecule has 0 saturated heterocycles. The fraction of sp³-hybridized carbons (Fsp3) is 0.632. The summed E-state index contributed by atoms with van der Waals surface area (Å²) >= 11 is 5.91. The normalized spacial score (nSPS) is 12.6. The summed E-state index contributed by atoms with van der Waals surface area (Å²) in [6.07, 6.45) is 3.31. The van der Waals surface area contributed by atoms with Crippen LogP contribution in [0.4, 0.5) is 0 Å². The number of benzene rings is 1. The van der Waals surface area contributed by atoms with Crippen molar-refractivity contribution >= 4 is 41.5 Å². The molecule has 0 aliphatic rings. The van der Waals surface area contributed by atoms with Crippen molar-refractivity contribution in [2.24, 2.45) is 4.99 Å². The maximum atomic E-state index is 5.91. The van der Waals surface area contributed by atoms with Crippen LogP contribution < -0.4 is 10.6 Å². The van der Waals surface area contributed by atoms with Gasteiger partial charge in [-0.25, -0.2) is 0 Å². The van der Waals surface area contributed by atoms with Crippen LogP contribution in [-0.4, -0.2) is 50.1 Å². The third-order valence-electron chi connectivity index (χ3n) is 4.23. The van der Waals surface area contributed by atoms with Gasteiger partial charge in [-0.1, -0.05) is 37.6 Å². The molecule has 1 aromatic carbocycles. The van der Waals surface area contributed by atoms with Gasteiger partial charge in [-0.3, -0.25) is 4.99 Å². The average Bonchev–Trinajstić information content (AvgIpc) is 2.59. The molecule has 0 spiro atoms. The molecule has 1 rings (SSSR count). The lowest BCUT2D eigenvalue weighted by Gasteiger charge is -2.21. The van der Waals surface area contributed by atoms with E-state index in [2.05, 4.69) is 53.4 Å². The molecule has 0 aliphatic carbocycles. The summed E-state index contributed by atoms with van der Waals surface area (Å²) < 4.78 is 0. The molecule has 0 radical (unpaired) electrons. The molecule has 0 heterocycles. The summed E-state index contributed by atoms with van der Waals surface area (Å²) in [5, 5.41) is 7.63. The molecule has 0 bridgehead atoms. The number of guanidine groups is 1. The first kappa shape index (κ1) is 24.5. The summed E-state index contributed by atoms with van der Waals surface area (Å²) in [5.74, 6) is 0.874. The maximum Gasteiger partial charge on any atom is 0.191 e. The van der Waals surface area contributed by atoms with Crippen molar-refractivity contribution in [2.75, 3.05) is 33.2 Å². The first-order valence-electron chi connectivity index (χ1n) is 9.03. The standard InChI is InChI=1S/C19H33ClN4.HI/c1-5-24(6-2)15-7-8-16(3)23-19(21-4)22-14-13-17-9-11-18(20)12-10-17;/h9-12,16H,5-8,13-15H2,1-4H3,(H2,21,22,23);1H. The molecular formula is C19H34ClIN4. The van der Waals surface area contributed by atoms with Crippen LogP contribution in [0.2, 0.25) is 5.02 Å².